The molecule has 0 aliphatic carbocycles. The molecule has 4 heteroatoms. The van der Waals surface area contributed by atoms with Crippen molar-refractivity contribution in [3.63, 3.8) is 0 Å². The maximum absolute atomic E-state index is 5.48. The van der Waals surface area contributed by atoms with E-state index in [-0.39, 0.29) is 0 Å². The molecule has 4 nitrogen and oxygen atoms in total. The third-order valence-corrected chi connectivity index (χ3v) is 4.01. The third kappa shape index (κ3) is 2.26. The van der Waals surface area contributed by atoms with Gasteiger partial charge in [-0.25, -0.2) is 0 Å². The number of aryl methyl sites for hydroxylation is 2. The Morgan fingerprint density at radius 3 is 2.50 bits per heavy atom. The second kappa shape index (κ2) is 5.64. The fourth-order valence-corrected chi connectivity index (χ4v) is 2.76. The van der Waals surface area contributed by atoms with Crippen LogP contribution in [0.15, 0.2) is 42.6 Å². The van der Waals surface area contributed by atoms with Crippen molar-refractivity contribution in [1.82, 2.24) is 4.57 Å². The summed E-state index contributed by atoms with van der Waals surface area (Å²) in [6, 6.07) is 12.2. The van der Waals surface area contributed by atoms with Gasteiger partial charge in [-0.3, -0.25) is 0 Å². The highest BCUT2D eigenvalue weighted by atomic mass is 16.5. The zero-order valence-electron chi connectivity index (χ0n) is 13.3. The van der Waals surface area contributed by atoms with Gasteiger partial charge in [-0.05, 0) is 42.8 Å². The van der Waals surface area contributed by atoms with Gasteiger partial charge in [0.05, 0.1) is 19.9 Å². The number of benzene rings is 2. The molecule has 0 aliphatic rings. The van der Waals surface area contributed by atoms with E-state index in [4.69, 9.17) is 9.47 Å². The molecule has 2 aromatic carbocycles. The minimum absolute atomic E-state index is 0.706. The Morgan fingerprint density at radius 1 is 0.955 bits per heavy atom. The summed E-state index contributed by atoms with van der Waals surface area (Å²) >= 11 is 0. The lowest BCUT2D eigenvalue weighted by molar-refractivity contribution is 0.356. The van der Waals surface area contributed by atoms with Crippen LogP contribution >= 0.6 is 0 Å². The predicted molar refractivity (Wildman–Crippen MR) is 90.5 cm³/mol. The maximum Gasteiger partial charge on any atom is 0.184 e. The molecule has 0 radical (unpaired) electrons. The summed E-state index contributed by atoms with van der Waals surface area (Å²) in [4.78, 5) is 0. The average Bonchev–Trinajstić information content (AvgIpc) is 2.91. The van der Waals surface area contributed by atoms with Crippen LogP contribution < -0.4 is 14.8 Å². The van der Waals surface area contributed by atoms with Gasteiger partial charge in [-0.1, -0.05) is 6.07 Å². The zero-order chi connectivity index (χ0) is 15.7. The zero-order valence-corrected chi connectivity index (χ0v) is 13.3. The Balaban J connectivity index is 2.05. The average molecular weight is 296 g/mol. The van der Waals surface area contributed by atoms with Crippen molar-refractivity contribution in [3.05, 3.63) is 48.2 Å². The highest BCUT2D eigenvalue weighted by Crippen LogP contribution is 2.37. The molecular weight excluding hydrogens is 276 g/mol. The molecule has 0 fully saturated rings. The molecule has 1 aromatic heterocycles. The fourth-order valence-electron chi connectivity index (χ4n) is 2.76. The van der Waals surface area contributed by atoms with E-state index in [9.17, 15) is 0 Å². The second-order valence-electron chi connectivity index (χ2n) is 5.26. The Bertz CT molecular complexity index is 821. The predicted octanol–water partition coefficient (Wildman–Crippen LogP) is 4.25. The Morgan fingerprint density at radius 2 is 1.77 bits per heavy atom. The number of fused-ring (bicyclic) bond motifs is 1. The Labute approximate surface area is 130 Å². The smallest absolute Gasteiger partial charge is 0.184 e. The summed E-state index contributed by atoms with van der Waals surface area (Å²) < 4.78 is 13.0. The molecule has 3 aromatic rings. The van der Waals surface area contributed by atoms with Gasteiger partial charge in [0.15, 0.2) is 11.5 Å². The summed E-state index contributed by atoms with van der Waals surface area (Å²) in [6.45, 7) is 2.12. The van der Waals surface area contributed by atoms with Crippen LogP contribution in [0, 0.1) is 6.92 Å². The molecule has 0 amide bonds. The van der Waals surface area contributed by atoms with Crippen LogP contribution in [0.3, 0.4) is 0 Å². The molecule has 1 heterocycles. The number of anilines is 2. The van der Waals surface area contributed by atoms with Crippen LogP contribution in [0.4, 0.5) is 11.4 Å². The molecule has 0 atom stereocenters. The lowest BCUT2D eigenvalue weighted by atomic mass is 10.1. The summed E-state index contributed by atoms with van der Waals surface area (Å²) in [5.41, 5.74) is 4.38. The van der Waals surface area contributed by atoms with E-state index in [1.54, 1.807) is 14.2 Å². The first-order valence-corrected chi connectivity index (χ1v) is 7.18. The van der Waals surface area contributed by atoms with Gasteiger partial charge in [0.25, 0.3) is 0 Å². The second-order valence-corrected chi connectivity index (χ2v) is 5.26. The molecule has 0 bridgehead atoms. The van der Waals surface area contributed by atoms with E-state index in [1.165, 1.54) is 16.5 Å². The topological polar surface area (TPSA) is 35.4 Å². The van der Waals surface area contributed by atoms with Crippen LogP contribution in [0.1, 0.15) is 5.56 Å². The molecule has 0 saturated carbocycles. The summed E-state index contributed by atoms with van der Waals surface area (Å²) in [5, 5.41) is 4.70. The van der Waals surface area contributed by atoms with E-state index < -0.39 is 0 Å². The van der Waals surface area contributed by atoms with Gasteiger partial charge in [-0.2, -0.15) is 0 Å². The van der Waals surface area contributed by atoms with E-state index in [0.717, 1.165) is 11.4 Å². The monoisotopic (exact) mass is 296 g/mol. The number of nitrogens with one attached hydrogen (secondary N) is 1. The fraction of sp³-hybridized carbons (Fsp3) is 0.222. The van der Waals surface area contributed by atoms with E-state index in [1.807, 2.05) is 18.2 Å². The quantitative estimate of drug-likeness (QED) is 0.782. The van der Waals surface area contributed by atoms with E-state index in [2.05, 4.69) is 48.3 Å². The normalized spacial score (nSPS) is 10.7. The number of hydrogen-bond donors (Lipinski definition) is 1. The molecule has 114 valence electrons. The number of methoxy groups -OCH3 is 2. The first-order valence-electron chi connectivity index (χ1n) is 7.18. The number of ether oxygens (including phenoxy) is 2. The number of para-hydroxylation sites is 1. The van der Waals surface area contributed by atoms with Crippen molar-refractivity contribution in [3.8, 4) is 11.5 Å². The molecule has 3 rings (SSSR count). The van der Waals surface area contributed by atoms with Gasteiger partial charge in [-0.15, -0.1) is 0 Å². The highest BCUT2D eigenvalue weighted by molar-refractivity contribution is 5.89. The van der Waals surface area contributed by atoms with Crippen molar-refractivity contribution in [2.75, 3.05) is 19.5 Å². The van der Waals surface area contributed by atoms with Crippen LogP contribution in [0.25, 0.3) is 10.9 Å². The molecule has 0 spiro atoms. The SMILES string of the molecule is COc1cccc(Nc2ccc3c(ccn3C)c2C)c1OC. The first-order chi connectivity index (χ1) is 10.7. The number of rotatable bonds is 4. The van der Waals surface area contributed by atoms with Crippen LogP contribution in [0.2, 0.25) is 0 Å². The Hall–Kier alpha value is -2.62. The van der Waals surface area contributed by atoms with Gasteiger partial charge < -0.3 is 19.4 Å². The summed E-state index contributed by atoms with van der Waals surface area (Å²) in [6.07, 6.45) is 2.08. The Kier molecular flexibility index (Phi) is 3.67. The van der Waals surface area contributed by atoms with Gasteiger partial charge in [0, 0.05) is 29.8 Å². The van der Waals surface area contributed by atoms with Crippen LogP contribution in [0.5, 0.6) is 11.5 Å². The van der Waals surface area contributed by atoms with Crippen molar-refractivity contribution >= 4 is 22.3 Å². The van der Waals surface area contributed by atoms with Crippen molar-refractivity contribution in [2.45, 2.75) is 6.92 Å². The van der Waals surface area contributed by atoms with Crippen molar-refractivity contribution in [2.24, 2.45) is 7.05 Å². The molecule has 0 aliphatic heterocycles. The van der Waals surface area contributed by atoms with Gasteiger partial charge >= 0.3 is 0 Å². The minimum atomic E-state index is 0.706. The van der Waals surface area contributed by atoms with Gasteiger partial charge in [0.2, 0.25) is 0 Å². The molecular formula is C18H20N2O2. The molecule has 22 heavy (non-hydrogen) atoms. The number of hydrogen-bond acceptors (Lipinski definition) is 3. The number of aromatic nitrogens is 1. The minimum Gasteiger partial charge on any atom is -0.493 e. The standard InChI is InChI=1S/C18H20N2O2/c1-12-13-10-11-20(2)16(13)9-8-14(12)19-15-6-5-7-17(21-3)18(15)22-4/h5-11,19H,1-4H3. The van der Waals surface area contributed by atoms with Crippen molar-refractivity contribution < 1.29 is 9.47 Å². The van der Waals surface area contributed by atoms with Crippen LogP contribution in [-0.2, 0) is 7.05 Å². The van der Waals surface area contributed by atoms with Gasteiger partial charge in [0.1, 0.15) is 0 Å². The lowest BCUT2D eigenvalue weighted by Crippen LogP contribution is -1.99. The largest absolute Gasteiger partial charge is 0.493 e. The number of nitrogens with zero attached hydrogens (tertiary/aromatic N) is 1. The molecule has 0 unspecified atom stereocenters. The summed E-state index contributed by atoms with van der Waals surface area (Å²) in [5.74, 6) is 1.42. The summed E-state index contributed by atoms with van der Waals surface area (Å²) in [7, 11) is 5.35. The third-order valence-electron chi connectivity index (χ3n) is 4.01. The van der Waals surface area contributed by atoms with Crippen LogP contribution in [-0.4, -0.2) is 18.8 Å². The highest BCUT2D eigenvalue weighted by Gasteiger charge is 2.12. The van der Waals surface area contributed by atoms with Crippen molar-refractivity contribution in [1.29, 1.82) is 0 Å². The first kappa shape index (κ1) is 14.3. The molecule has 1 N–H and O–H groups in total. The molecule has 0 saturated heterocycles. The van der Waals surface area contributed by atoms with E-state index in [0.29, 0.717) is 11.5 Å². The maximum atomic E-state index is 5.48. The lowest BCUT2D eigenvalue weighted by Gasteiger charge is -2.16. The van der Waals surface area contributed by atoms with E-state index >= 15 is 0 Å².